The van der Waals surface area contributed by atoms with Crippen molar-refractivity contribution in [3.63, 3.8) is 0 Å². The lowest BCUT2D eigenvalue weighted by Gasteiger charge is -2.50. The molecule has 7 nitrogen and oxygen atoms in total. The molecule has 5 rings (SSSR count). The van der Waals surface area contributed by atoms with Crippen molar-refractivity contribution in [3.8, 4) is 6.07 Å². The molecule has 2 aliphatic heterocycles. The first-order valence-electron chi connectivity index (χ1n) is 10.7. The molecule has 2 aliphatic carbocycles. The van der Waals surface area contributed by atoms with Crippen molar-refractivity contribution >= 4 is 11.9 Å². The van der Waals surface area contributed by atoms with Gasteiger partial charge in [0, 0.05) is 12.5 Å². The van der Waals surface area contributed by atoms with Crippen LogP contribution in [0.3, 0.4) is 0 Å². The Kier molecular flexibility index (Phi) is 4.25. The van der Waals surface area contributed by atoms with E-state index in [9.17, 15) is 10.1 Å². The zero-order chi connectivity index (χ0) is 21.3. The molecule has 1 saturated heterocycles. The van der Waals surface area contributed by atoms with E-state index in [1.54, 1.807) is 12.0 Å². The lowest BCUT2D eigenvalue weighted by molar-refractivity contribution is -0.149. The number of amides is 1. The molecule has 1 aromatic rings. The van der Waals surface area contributed by atoms with Gasteiger partial charge in [0.15, 0.2) is 11.5 Å². The van der Waals surface area contributed by atoms with Crippen molar-refractivity contribution in [2.24, 2.45) is 28.0 Å². The molecule has 158 valence electrons. The van der Waals surface area contributed by atoms with E-state index in [-0.39, 0.29) is 41.3 Å². The predicted octanol–water partition coefficient (Wildman–Crippen LogP) is 1.93. The Morgan fingerprint density at radius 1 is 1.30 bits per heavy atom. The number of rotatable bonds is 2. The van der Waals surface area contributed by atoms with Crippen LogP contribution in [-0.4, -0.2) is 49.2 Å². The van der Waals surface area contributed by atoms with Gasteiger partial charge in [-0.25, -0.2) is 4.99 Å². The smallest absolute Gasteiger partial charge is 0.262 e. The van der Waals surface area contributed by atoms with Gasteiger partial charge in [0.1, 0.15) is 0 Å². The van der Waals surface area contributed by atoms with Gasteiger partial charge in [-0.1, -0.05) is 19.9 Å². The highest BCUT2D eigenvalue weighted by atomic mass is 16.5. The molecule has 2 N–H and O–H groups in total. The largest absolute Gasteiger partial charge is 0.381 e. The van der Waals surface area contributed by atoms with Gasteiger partial charge in [0.2, 0.25) is 0 Å². The Bertz CT molecular complexity index is 967. The summed E-state index contributed by atoms with van der Waals surface area (Å²) >= 11 is 0. The number of hydrogen-bond donors (Lipinski definition) is 1. The zero-order valence-corrected chi connectivity index (χ0v) is 17.7. The third-order valence-corrected chi connectivity index (χ3v) is 7.79. The number of nitriles is 1. The average Bonchev–Trinajstić information content (AvgIpc) is 3.07. The number of ether oxygens (including phenoxy) is 2. The van der Waals surface area contributed by atoms with Crippen LogP contribution in [-0.2, 0) is 26.2 Å². The molecule has 30 heavy (non-hydrogen) atoms. The molecule has 1 unspecified atom stereocenters. The van der Waals surface area contributed by atoms with Crippen molar-refractivity contribution in [1.82, 2.24) is 4.90 Å². The zero-order valence-electron chi connectivity index (χ0n) is 17.7. The highest BCUT2D eigenvalue weighted by Gasteiger charge is 2.69. The van der Waals surface area contributed by atoms with Crippen LogP contribution in [0.4, 0.5) is 0 Å². The minimum absolute atomic E-state index is 0.0580. The Hall–Kier alpha value is -2.43. The van der Waals surface area contributed by atoms with Gasteiger partial charge in [-0.2, -0.15) is 5.26 Å². The van der Waals surface area contributed by atoms with Crippen molar-refractivity contribution in [1.29, 1.82) is 5.26 Å². The maximum Gasteiger partial charge on any atom is 0.262 e. The molecule has 5 atom stereocenters. The van der Waals surface area contributed by atoms with Crippen LogP contribution in [0.2, 0.25) is 0 Å². The Labute approximate surface area is 176 Å². The van der Waals surface area contributed by atoms with E-state index in [0.29, 0.717) is 18.8 Å². The second-order valence-corrected chi connectivity index (χ2v) is 9.55. The summed E-state index contributed by atoms with van der Waals surface area (Å²) in [6, 6.07) is 7.85. The second kappa shape index (κ2) is 6.53. The summed E-state index contributed by atoms with van der Waals surface area (Å²) in [6.07, 6.45) is 2.56. The van der Waals surface area contributed by atoms with Gasteiger partial charge in [-0.15, -0.1) is 0 Å². The van der Waals surface area contributed by atoms with Crippen LogP contribution in [0.5, 0.6) is 0 Å². The van der Waals surface area contributed by atoms with Gasteiger partial charge < -0.3 is 15.2 Å². The van der Waals surface area contributed by atoms with Crippen molar-refractivity contribution < 1.29 is 14.3 Å². The topological polar surface area (TPSA) is 101 Å². The molecular weight excluding hydrogens is 380 g/mol. The van der Waals surface area contributed by atoms with E-state index < -0.39 is 5.54 Å². The van der Waals surface area contributed by atoms with Gasteiger partial charge in [-0.05, 0) is 54.4 Å². The highest BCUT2D eigenvalue weighted by Crippen LogP contribution is 2.63. The number of carbonyl (C=O) groups is 1. The number of guanidine groups is 1. The fraction of sp³-hybridized carbons (Fsp3) is 0.609. The first kappa shape index (κ1) is 19.5. The predicted molar refractivity (Wildman–Crippen MR) is 110 cm³/mol. The molecule has 1 aromatic carbocycles. The van der Waals surface area contributed by atoms with Gasteiger partial charge >= 0.3 is 0 Å². The Morgan fingerprint density at radius 3 is 2.57 bits per heavy atom. The number of nitrogens with zero attached hydrogens (tertiary/aromatic N) is 3. The third kappa shape index (κ3) is 2.32. The van der Waals surface area contributed by atoms with E-state index in [1.165, 1.54) is 0 Å². The van der Waals surface area contributed by atoms with E-state index >= 15 is 0 Å². The van der Waals surface area contributed by atoms with E-state index in [1.807, 2.05) is 18.2 Å². The number of carbonyl (C=O) groups excluding carboxylic acids is 1. The van der Waals surface area contributed by atoms with Crippen LogP contribution in [0.1, 0.15) is 43.4 Å². The van der Waals surface area contributed by atoms with Gasteiger partial charge in [0.05, 0.1) is 37.0 Å². The molecule has 1 saturated carbocycles. The lowest BCUT2D eigenvalue weighted by atomic mass is 9.56. The highest BCUT2D eigenvalue weighted by molar-refractivity contribution is 6.09. The number of benzene rings is 1. The van der Waals surface area contributed by atoms with E-state index in [0.717, 1.165) is 30.4 Å². The molecule has 2 heterocycles. The Balaban J connectivity index is 1.69. The number of aliphatic imine (C=N–C) groups is 1. The summed E-state index contributed by atoms with van der Waals surface area (Å²) in [5.41, 5.74) is 7.43. The molecule has 0 bridgehead atoms. The fourth-order valence-corrected chi connectivity index (χ4v) is 6.73. The lowest BCUT2D eigenvalue weighted by Crippen LogP contribution is -2.60. The summed E-state index contributed by atoms with van der Waals surface area (Å²) in [6.45, 7) is 5.36. The molecule has 2 fully saturated rings. The van der Waals surface area contributed by atoms with Crippen molar-refractivity contribution in [2.45, 2.75) is 50.8 Å². The van der Waals surface area contributed by atoms with E-state index in [2.05, 4.69) is 19.9 Å². The first-order valence-corrected chi connectivity index (χ1v) is 10.7. The standard InChI is InChI=1S/C23H28N4O3/c1-13-7-22(8-14(2)19(13)29-3)9-16-5-4-15(10-24)6-18(16)23(22)20(28)27(21(25)26-23)17-11-30-12-17/h4-6,13-14,17,19H,7-9,11-12H2,1-3H3,(H2,25,26)/t13-,14+,19+,22+,23?. The number of fused-ring (bicyclic) bond motifs is 3. The quantitative estimate of drug-likeness (QED) is 0.806. The second-order valence-electron chi connectivity index (χ2n) is 9.55. The monoisotopic (exact) mass is 408 g/mol. The number of methoxy groups -OCH3 is 1. The molecule has 7 heteroatoms. The summed E-state index contributed by atoms with van der Waals surface area (Å²) in [7, 11) is 1.77. The molecule has 0 aromatic heterocycles. The molecule has 4 aliphatic rings. The minimum atomic E-state index is -1.07. The maximum atomic E-state index is 14.1. The Morgan fingerprint density at radius 2 is 2.00 bits per heavy atom. The summed E-state index contributed by atoms with van der Waals surface area (Å²) < 4.78 is 11.1. The van der Waals surface area contributed by atoms with Gasteiger partial charge in [-0.3, -0.25) is 9.69 Å². The SMILES string of the molecule is CO[C@H]1[C@H](C)C[C@@]2(Cc3ccc(C#N)cc3C23N=C(N)N(C2COC2)C3=O)C[C@@H]1C. The number of hydrogen-bond acceptors (Lipinski definition) is 6. The van der Waals surface area contributed by atoms with Crippen LogP contribution in [0.25, 0.3) is 0 Å². The van der Waals surface area contributed by atoms with Crippen molar-refractivity contribution in [3.05, 3.63) is 34.9 Å². The van der Waals surface area contributed by atoms with Crippen LogP contribution in [0, 0.1) is 28.6 Å². The van der Waals surface area contributed by atoms with Crippen LogP contribution in [0.15, 0.2) is 23.2 Å². The molecular formula is C23H28N4O3. The third-order valence-electron chi connectivity index (χ3n) is 7.79. The normalized spacial score (nSPS) is 37.9. The summed E-state index contributed by atoms with van der Waals surface area (Å²) in [4.78, 5) is 20.7. The van der Waals surface area contributed by atoms with Crippen molar-refractivity contribution in [2.75, 3.05) is 20.3 Å². The van der Waals surface area contributed by atoms with Crippen LogP contribution < -0.4 is 5.73 Å². The fourth-order valence-electron chi connectivity index (χ4n) is 6.73. The molecule has 1 amide bonds. The number of nitrogens with two attached hydrogens (primary N) is 1. The van der Waals surface area contributed by atoms with Gasteiger partial charge in [0.25, 0.3) is 5.91 Å². The summed E-state index contributed by atoms with van der Waals surface area (Å²) in [5, 5.41) is 9.52. The average molecular weight is 409 g/mol. The molecule has 0 radical (unpaired) electrons. The first-order chi connectivity index (χ1) is 14.4. The molecule has 2 spiro atoms. The minimum Gasteiger partial charge on any atom is -0.381 e. The maximum absolute atomic E-state index is 14.1. The van der Waals surface area contributed by atoms with Crippen LogP contribution >= 0.6 is 0 Å². The summed E-state index contributed by atoms with van der Waals surface area (Å²) in [5.74, 6) is 0.783. The van der Waals surface area contributed by atoms with E-state index in [4.69, 9.17) is 20.2 Å².